The molecular weight excluding hydrogens is 214 g/mol. The quantitative estimate of drug-likeness (QED) is 0.806. The van der Waals surface area contributed by atoms with Crippen molar-refractivity contribution in [2.24, 2.45) is 18.7 Å². The lowest BCUT2D eigenvalue weighted by molar-refractivity contribution is -0.118. The van der Waals surface area contributed by atoms with Crippen molar-refractivity contribution in [1.29, 1.82) is 0 Å². The molecule has 1 unspecified atom stereocenters. The van der Waals surface area contributed by atoms with Gasteiger partial charge in [0, 0.05) is 31.6 Å². The molecule has 1 atom stereocenters. The van der Waals surface area contributed by atoms with Crippen molar-refractivity contribution in [3.8, 4) is 0 Å². The van der Waals surface area contributed by atoms with Crippen molar-refractivity contribution in [1.82, 2.24) is 9.78 Å². The van der Waals surface area contributed by atoms with Crippen LogP contribution in [-0.4, -0.2) is 21.6 Å². The van der Waals surface area contributed by atoms with Crippen molar-refractivity contribution in [2.45, 2.75) is 45.1 Å². The Morgan fingerprint density at radius 3 is 2.88 bits per heavy atom. The van der Waals surface area contributed by atoms with E-state index in [1.165, 1.54) is 12.8 Å². The first-order chi connectivity index (χ1) is 8.10. The average molecular weight is 235 g/mol. The van der Waals surface area contributed by atoms with Crippen LogP contribution < -0.4 is 5.73 Å². The van der Waals surface area contributed by atoms with E-state index >= 15 is 0 Å². The third kappa shape index (κ3) is 3.16. The monoisotopic (exact) mass is 235 g/mol. The molecule has 1 fully saturated rings. The molecular formula is C13H21N3O. The fourth-order valence-corrected chi connectivity index (χ4v) is 2.14. The molecule has 1 aliphatic carbocycles. The van der Waals surface area contributed by atoms with Crippen molar-refractivity contribution in [2.75, 3.05) is 0 Å². The zero-order chi connectivity index (χ0) is 12.4. The van der Waals surface area contributed by atoms with Crippen LogP contribution in [0.25, 0.3) is 0 Å². The predicted molar refractivity (Wildman–Crippen MR) is 66.6 cm³/mol. The number of hydrogen-bond acceptors (Lipinski definition) is 3. The molecule has 1 saturated carbocycles. The minimum absolute atomic E-state index is 0.0707. The molecule has 0 amide bonds. The van der Waals surface area contributed by atoms with Crippen LogP contribution in [0, 0.1) is 5.92 Å². The summed E-state index contributed by atoms with van der Waals surface area (Å²) >= 11 is 0. The largest absolute Gasteiger partial charge is 0.327 e. The molecule has 17 heavy (non-hydrogen) atoms. The normalized spacial score (nSPS) is 17.1. The van der Waals surface area contributed by atoms with E-state index in [2.05, 4.69) is 12.0 Å². The topological polar surface area (TPSA) is 60.9 Å². The van der Waals surface area contributed by atoms with Crippen LogP contribution in [0.5, 0.6) is 0 Å². The minimum atomic E-state index is 0.0707. The Balaban J connectivity index is 1.90. The Morgan fingerprint density at radius 2 is 2.35 bits per heavy atom. The van der Waals surface area contributed by atoms with E-state index in [1.54, 1.807) is 4.68 Å². The lowest BCUT2D eigenvalue weighted by Crippen LogP contribution is -2.26. The highest BCUT2D eigenvalue weighted by Crippen LogP contribution is 2.32. The average Bonchev–Trinajstić information content (AvgIpc) is 3.06. The van der Waals surface area contributed by atoms with Gasteiger partial charge in [0.15, 0.2) is 0 Å². The maximum Gasteiger partial charge on any atom is 0.140 e. The van der Waals surface area contributed by atoms with E-state index in [9.17, 15) is 4.79 Å². The van der Waals surface area contributed by atoms with E-state index < -0.39 is 0 Å². The number of rotatable bonds is 6. The number of carbonyl (C=O) groups is 1. The lowest BCUT2D eigenvalue weighted by Gasteiger charge is -2.08. The van der Waals surface area contributed by atoms with Gasteiger partial charge in [-0.1, -0.05) is 6.92 Å². The molecule has 0 bridgehead atoms. The van der Waals surface area contributed by atoms with Crippen molar-refractivity contribution < 1.29 is 4.79 Å². The summed E-state index contributed by atoms with van der Waals surface area (Å²) in [6, 6.07) is 2.09. The number of hydrogen-bond donors (Lipinski definition) is 1. The second-order valence-corrected chi connectivity index (χ2v) is 5.03. The number of Topliss-reactive ketones (excluding diaryl/α,β-unsaturated/α-hetero) is 1. The van der Waals surface area contributed by atoms with Gasteiger partial charge >= 0.3 is 0 Å². The van der Waals surface area contributed by atoms with Gasteiger partial charge in [-0.3, -0.25) is 9.48 Å². The summed E-state index contributed by atoms with van der Waals surface area (Å²) in [6.45, 7) is 2.07. The van der Waals surface area contributed by atoms with Crippen LogP contribution in [-0.2, 0) is 24.7 Å². The minimum Gasteiger partial charge on any atom is -0.327 e. The molecule has 0 radical (unpaired) electrons. The summed E-state index contributed by atoms with van der Waals surface area (Å²) in [4.78, 5) is 11.9. The fraction of sp³-hybridized carbons (Fsp3) is 0.692. The Hall–Kier alpha value is -1.16. The second kappa shape index (κ2) is 5.00. The first kappa shape index (κ1) is 12.3. The molecule has 1 heterocycles. The zero-order valence-corrected chi connectivity index (χ0v) is 10.6. The van der Waals surface area contributed by atoms with Gasteiger partial charge in [-0.15, -0.1) is 0 Å². The van der Waals surface area contributed by atoms with Crippen LogP contribution in [0.3, 0.4) is 0 Å². The Morgan fingerprint density at radius 1 is 1.65 bits per heavy atom. The third-order valence-corrected chi connectivity index (χ3v) is 3.46. The molecule has 0 saturated heterocycles. The van der Waals surface area contributed by atoms with Gasteiger partial charge < -0.3 is 5.73 Å². The molecule has 2 N–H and O–H groups in total. The third-order valence-electron chi connectivity index (χ3n) is 3.46. The number of carbonyl (C=O) groups excluding carboxylic acids is 1. The van der Waals surface area contributed by atoms with E-state index in [-0.39, 0.29) is 11.8 Å². The molecule has 0 aromatic carbocycles. The summed E-state index contributed by atoms with van der Waals surface area (Å²) in [5.74, 6) is 0.826. The van der Waals surface area contributed by atoms with E-state index in [4.69, 9.17) is 5.73 Å². The smallest absolute Gasteiger partial charge is 0.140 e. The van der Waals surface area contributed by atoms with E-state index in [1.807, 2.05) is 13.1 Å². The van der Waals surface area contributed by atoms with Gasteiger partial charge in [0.25, 0.3) is 0 Å². The van der Waals surface area contributed by atoms with Crippen LogP contribution >= 0.6 is 0 Å². The lowest BCUT2D eigenvalue weighted by atomic mass is 10.0. The Labute approximate surface area is 102 Å². The highest BCUT2D eigenvalue weighted by molar-refractivity contribution is 5.81. The van der Waals surface area contributed by atoms with E-state index in [0.717, 1.165) is 17.8 Å². The first-order valence-electron chi connectivity index (χ1n) is 6.39. The molecule has 1 aromatic heterocycles. The van der Waals surface area contributed by atoms with Gasteiger partial charge in [0.1, 0.15) is 5.78 Å². The molecule has 4 nitrogen and oxygen atoms in total. The maximum atomic E-state index is 11.9. The maximum absolute atomic E-state index is 11.9. The zero-order valence-electron chi connectivity index (χ0n) is 10.6. The van der Waals surface area contributed by atoms with E-state index in [0.29, 0.717) is 18.8 Å². The van der Waals surface area contributed by atoms with Gasteiger partial charge in [-0.05, 0) is 31.2 Å². The molecule has 0 spiro atoms. The fourth-order valence-electron chi connectivity index (χ4n) is 2.14. The molecule has 4 heteroatoms. The number of aryl methyl sites for hydroxylation is 2. The highest BCUT2D eigenvalue weighted by Gasteiger charge is 2.29. The first-order valence-corrected chi connectivity index (χ1v) is 6.39. The molecule has 1 aromatic rings. The van der Waals surface area contributed by atoms with Gasteiger partial charge in [0.05, 0.1) is 5.69 Å². The van der Waals surface area contributed by atoms with Crippen molar-refractivity contribution in [3.05, 3.63) is 17.5 Å². The van der Waals surface area contributed by atoms with Gasteiger partial charge in [0.2, 0.25) is 0 Å². The summed E-state index contributed by atoms with van der Waals surface area (Å²) in [6.07, 6.45) is 4.27. The highest BCUT2D eigenvalue weighted by atomic mass is 16.1. The summed E-state index contributed by atoms with van der Waals surface area (Å²) in [5, 5.41) is 4.34. The SMILES string of the molecule is CCc1cc(CC(=O)CC(N)C2CC2)n(C)n1. The Bertz CT molecular complexity index is 407. The molecule has 0 aliphatic heterocycles. The van der Waals surface area contributed by atoms with Crippen molar-refractivity contribution in [3.63, 3.8) is 0 Å². The predicted octanol–water partition coefficient (Wildman–Crippen LogP) is 1.22. The number of nitrogens with zero attached hydrogens (tertiary/aromatic N) is 2. The van der Waals surface area contributed by atoms with Gasteiger partial charge in [-0.2, -0.15) is 5.10 Å². The summed E-state index contributed by atoms with van der Waals surface area (Å²) in [5.41, 5.74) is 8.00. The van der Waals surface area contributed by atoms with Crippen LogP contribution in [0.4, 0.5) is 0 Å². The summed E-state index contributed by atoms with van der Waals surface area (Å²) < 4.78 is 1.80. The summed E-state index contributed by atoms with van der Waals surface area (Å²) in [7, 11) is 1.89. The van der Waals surface area contributed by atoms with Crippen molar-refractivity contribution >= 4 is 5.78 Å². The standard InChI is InChI=1S/C13H21N3O/c1-3-10-6-11(16(2)15-10)7-12(17)8-13(14)9-4-5-9/h6,9,13H,3-5,7-8,14H2,1-2H3. The Kier molecular flexibility index (Phi) is 3.62. The van der Waals surface area contributed by atoms with Gasteiger partial charge in [-0.25, -0.2) is 0 Å². The molecule has 1 aliphatic rings. The molecule has 2 rings (SSSR count). The van der Waals surface area contributed by atoms with Crippen LogP contribution in [0.15, 0.2) is 6.07 Å². The number of ketones is 1. The van der Waals surface area contributed by atoms with Crippen LogP contribution in [0.2, 0.25) is 0 Å². The van der Waals surface area contributed by atoms with Crippen LogP contribution in [0.1, 0.15) is 37.6 Å². The number of nitrogens with two attached hydrogens (primary N) is 1. The number of aromatic nitrogens is 2. The molecule has 94 valence electrons. The second-order valence-electron chi connectivity index (χ2n) is 5.03.